The zero-order chi connectivity index (χ0) is 10.8. The molecule has 0 radical (unpaired) electrons. The van der Waals surface area contributed by atoms with Crippen molar-refractivity contribution in [2.24, 2.45) is 5.92 Å². The van der Waals surface area contributed by atoms with E-state index < -0.39 is 0 Å². The number of nitrogens with zero attached hydrogens (tertiary/aromatic N) is 2. The highest BCUT2D eigenvalue weighted by atomic mass is 127. The van der Waals surface area contributed by atoms with E-state index in [2.05, 4.69) is 39.5 Å². The van der Waals surface area contributed by atoms with Crippen molar-refractivity contribution >= 4 is 28.4 Å². The van der Waals surface area contributed by atoms with Crippen molar-refractivity contribution in [2.75, 3.05) is 5.73 Å². The molecule has 2 atom stereocenters. The summed E-state index contributed by atoms with van der Waals surface area (Å²) >= 11 is 2.17. The number of anilines is 1. The summed E-state index contributed by atoms with van der Waals surface area (Å²) in [7, 11) is 0. The minimum atomic E-state index is 0.536. The SMILES string of the molecule is CCC1CCC(c2ncc(I)c(N)n2)C1. The first-order valence-electron chi connectivity index (χ1n) is 5.48. The Morgan fingerprint density at radius 1 is 1.53 bits per heavy atom. The summed E-state index contributed by atoms with van der Waals surface area (Å²) < 4.78 is 0.946. The highest BCUT2D eigenvalue weighted by Crippen LogP contribution is 2.38. The summed E-state index contributed by atoms with van der Waals surface area (Å²) in [5.41, 5.74) is 5.80. The molecule has 0 saturated heterocycles. The maximum absolute atomic E-state index is 5.80. The fourth-order valence-corrected chi connectivity index (χ4v) is 2.53. The lowest BCUT2D eigenvalue weighted by Gasteiger charge is -2.09. The fourth-order valence-electron chi connectivity index (χ4n) is 2.27. The summed E-state index contributed by atoms with van der Waals surface area (Å²) in [6.07, 6.45) is 6.87. The number of nitrogens with two attached hydrogens (primary N) is 1. The minimum absolute atomic E-state index is 0.536. The molecule has 3 nitrogen and oxygen atoms in total. The number of rotatable bonds is 2. The van der Waals surface area contributed by atoms with Gasteiger partial charge in [-0.05, 0) is 47.8 Å². The van der Waals surface area contributed by atoms with Crippen LogP contribution in [0.5, 0.6) is 0 Å². The highest BCUT2D eigenvalue weighted by molar-refractivity contribution is 14.1. The van der Waals surface area contributed by atoms with Crippen molar-refractivity contribution in [2.45, 2.75) is 38.5 Å². The van der Waals surface area contributed by atoms with E-state index in [1.807, 2.05) is 6.20 Å². The van der Waals surface area contributed by atoms with Crippen LogP contribution < -0.4 is 5.73 Å². The van der Waals surface area contributed by atoms with Gasteiger partial charge in [-0.25, -0.2) is 9.97 Å². The van der Waals surface area contributed by atoms with Crippen LogP contribution in [0.2, 0.25) is 0 Å². The molecule has 2 rings (SSSR count). The molecule has 1 fully saturated rings. The molecule has 0 spiro atoms. The average Bonchev–Trinajstić information content (AvgIpc) is 2.70. The van der Waals surface area contributed by atoms with E-state index in [0.717, 1.165) is 15.3 Å². The Morgan fingerprint density at radius 3 is 2.93 bits per heavy atom. The van der Waals surface area contributed by atoms with Crippen LogP contribution in [0.25, 0.3) is 0 Å². The van der Waals surface area contributed by atoms with E-state index in [1.165, 1.54) is 25.7 Å². The lowest BCUT2D eigenvalue weighted by Crippen LogP contribution is -2.05. The van der Waals surface area contributed by atoms with Crippen molar-refractivity contribution in [1.82, 2.24) is 9.97 Å². The molecule has 0 amide bonds. The molecule has 1 aromatic heterocycles. The van der Waals surface area contributed by atoms with E-state index in [0.29, 0.717) is 11.7 Å². The monoisotopic (exact) mass is 317 g/mol. The predicted octanol–water partition coefficient (Wildman–Crippen LogP) is 2.96. The van der Waals surface area contributed by atoms with E-state index in [-0.39, 0.29) is 0 Å². The van der Waals surface area contributed by atoms with E-state index in [1.54, 1.807) is 0 Å². The standard InChI is InChI=1S/C11H16IN3/c1-2-7-3-4-8(5-7)11-14-6-9(12)10(13)15-11/h6-8H,2-5H2,1H3,(H2,13,14,15). The number of halogens is 1. The molecule has 1 aromatic rings. The minimum Gasteiger partial charge on any atom is -0.383 e. The third-order valence-corrected chi connectivity index (χ3v) is 4.10. The van der Waals surface area contributed by atoms with Gasteiger partial charge in [-0.3, -0.25) is 0 Å². The van der Waals surface area contributed by atoms with Crippen molar-refractivity contribution in [3.05, 3.63) is 15.6 Å². The average molecular weight is 317 g/mol. The van der Waals surface area contributed by atoms with Crippen LogP contribution in [0.3, 0.4) is 0 Å². The first kappa shape index (κ1) is 11.1. The number of hydrogen-bond donors (Lipinski definition) is 1. The Labute approximate surface area is 104 Å². The predicted molar refractivity (Wildman–Crippen MR) is 69.5 cm³/mol. The Morgan fingerprint density at radius 2 is 2.33 bits per heavy atom. The van der Waals surface area contributed by atoms with Gasteiger partial charge in [-0.15, -0.1) is 0 Å². The molecule has 2 unspecified atom stereocenters. The van der Waals surface area contributed by atoms with Crippen LogP contribution in [0, 0.1) is 9.49 Å². The Hall–Kier alpha value is -0.390. The van der Waals surface area contributed by atoms with Gasteiger partial charge in [0.05, 0.1) is 3.57 Å². The summed E-state index contributed by atoms with van der Waals surface area (Å²) in [5.74, 6) is 2.97. The van der Waals surface area contributed by atoms with Gasteiger partial charge in [0.2, 0.25) is 0 Å². The second-order valence-electron chi connectivity index (χ2n) is 4.25. The third-order valence-electron chi connectivity index (χ3n) is 3.27. The van der Waals surface area contributed by atoms with Crippen LogP contribution in [-0.2, 0) is 0 Å². The molecule has 0 aliphatic heterocycles. The summed E-state index contributed by atoms with van der Waals surface area (Å²) in [6.45, 7) is 2.26. The van der Waals surface area contributed by atoms with Crippen molar-refractivity contribution in [1.29, 1.82) is 0 Å². The summed E-state index contributed by atoms with van der Waals surface area (Å²) in [5, 5.41) is 0. The maximum Gasteiger partial charge on any atom is 0.140 e. The van der Waals surface area contributed by atoms with Crippen LogP contribution >= 0.6 is 22.6 Å². The first-order valence-corrected chi connectivity index (χ1v) is 6.56. The molecule has 4 heteroatoms. The highest BCUT2D eigenvalue weighted by Gasteiger charge is 2.26. The number of nitrogen functional groups attached to an aromatic ring is 1. The zero-order valence-corrected chi connectivity index (χ0v) is 11.1. The van der Waals surface area contributed by atoms with E-state index in [4.69, 9.17) is 5.73 Å². The molecule has 1 heterocycles. The molecule has 2 N–H and O–H groups in total. The normalized spacial score (nSPS) is 25.7. The molecular formula is C11H16IN3. The van der Waals surface area contributed by atoms with Crippen LogP contribution in [0.15, 0.2) is 6.20 Å². The van der Waals surface area contributed by atoms with Crippen molar-refractivity contribution in [3.63, 3.8) is 0 Å². The molecular weight excluding hydrogens is 301 g/mol. The molecule has 15 heavy (non-hydrogen) atoms. The van der Waals surface area contributed by atoms with Gasteiger partial charge in [0.1, 0.15) is 11.6 Å². The third kappa shape index (κ3) is 2.41. The smallest absolute Gasteiger partial charge is 0.140 e. The Kier molecular flexibility index (Phi) is 3.43. The largest absolute Gasteiger partial charge is 0.383 e. The van der Waals surface area contributed by atoms with E-state index >= 15 is 0 Å². The van der Waals surface area contributed by atoms with Crippen LogP contribution in [0.1, 0.15) is 44.3 Å². The summed E-state index contributed by atoms with van der Waals surface area (Å²) in [6, 6.07) is 0. The van der Waals surface area contributed by atoms with Gasteiger partial charge in [0.15, 0.2) is 0 Å². The van der Waals surface area contributed by atoms with Gasteiger partial charge >= 0.3 is 0 Å². The Balaban J connectivity index is 2.13. The van der Waals surface area contributed by atoms with Gasteiger partial charge < -0.3 is 5.73 Å². The molecule has 1 saturated carbocycles. The molecule has 1 aliphatic carbocycles. The first-order chi connectivity index (χ1) is 7.20. The lowest BCUT2D eigenvalue weighted by atomic mass is 10.0. The second-order valence-corrected chi connectivity index (χ2v) is 5.41. The van der Waals surface area contributed by atoms with Crippen molar-refractivity contribution in [3.8, 4) is 0 Å². The zero-order valence-electron chi connectivity index (χ0n) is 8.91. The molecule has 1 aliphatic rings. The quantitative estimate of drug-likeness (QED) is 0.853. The summed E-state index contributed by atoms with van der Waals surface area (Å²) in [4.78, 5) is 8.77. The molecule has 0 aromatic carbocycles. The van der Waals surface area contributed by atoms with Gasteiger partial charge in [-0.1, -0.05) is 13.3 Å². The fraction of sp³-hybridized carbons (Fsp3) is 0.636. The van der Waals surface area contributed by atoms with Crippen molar-refractivity contribution < 1.29 is 0 Å². The maximum atomic E-state index is 5.80. The van der Waals surface area contributed by atoms with Crippen LogP contribution in [0.4, 0.5) is 5.82 Å². The van der Waals surface area contributed by atoms with E-state index in [9.17, 15) is 0 Å². The number of aromatic nitrogens is 2. The van der Waals surface area contributed by atoms with Gasteiger partial charge in [0, 0.05) is 12.1 Å². The molecule has 0 bridgehead atoms. The number of hydrogen-bond acceptors (Lipinski definition) is 3. The lowest BCUT2D eigenvalue weighted by molar-refractivity contribution is 0.516. The topological polar surface area (TPSA) is 51.8 Å². The Bertz CT molecular complexity index is 354. The van der Waals surface area contributed by atoms with Crippen LogP contribution in [-0.4, -0.2) is 9.97 Å². The molecule has 82 valence electrons. The van der Waals surface area contributed by atoms with Gasteiger partial charge in [0.25, 0.3) is 0 Å². The van der Waals surface area contributed by atoms with Gasteiger partial charge in [-0.2, -0.15) is 0 Å². The second kappa shape index (κ2) is 4.63.